The Labute approximate surface area is 356 Å². The summed E-state index contributed by atoms with van der Waals surface area (Å²) in [7, 11) is -4.66. The van der Waals surface area contributed by atoms with E-state index in [9.17, 15) is 24.2 Å². The molecular formula is C48H77O10P. The van der Waals surface area contributed by atoms with Crippen LogP contribution in [0.15, 0.2) is 109 Å². The quantitative estimate of drug-likeness (QED) is 0.0236. The molecule has 0 aromatic rings. The lowest BCUT2D eigenvalue weighted by Crippen LogP contribution is -2.29. The van der Waals surface area contributed by atoms with Crippen molar-refractivity contribution in [3.63, 3.8) is 0 Å². The van der Waals surface area contributed by atoms with Gasteiger partial charge >= 0.3 is 19.8 Å². The summed E-state index contributed by atoms with van der Waals surface area (Å²) in [6.45, 7) is 2.15. The Balaban J connectivity index is 4.54. The van der Waals surface area contributed by atoms with E-state index in [1.807, 2.05) is 24.3 Å². The molecule has 10 nitrogen and oxygen atoms in total. The second kappa shape index (κ2) is 42.7. The molecule has 0 aromatic carbocycles. The summed E-state index contributed by atoms with van der Waals surface area (Å²) in [5.74, 6) is -1.10. The van der Waals surface area contributed by atoms with Gasteiger partial charge in [-0.05, 0) is 89.9 Å². The summed E-state index contributed by atoms with van der Waals surface area (Å²) in [5.41, 5.74) is 0. The third-order valence-electron chi connectivity index (χ3n) is 8.41. The van der Waals surface area contributed by atoms with Gasteiger partial charge in [0, 0.05) is 12.8 Å². The second-order valence-electron chi connectivity index (χ2n) is 14.0. The van der Waals surface area contributed by atoms with Crippen molar-refractivity contribution in [2.45, 2.75) is 154 Å². The number of ether oxygens (including phenoxy) is 2. The number of carbonyl (C=O) groups excluding carboxylic acids is 2. The Kier molecular flexibility index (Phi) is 40.3. The van der Waals surface area contributed by atoms with Crippen LogP contribution in [0.3, 0.4) is 0 Å². The minimum absolute atomic E-state index is 0.0860. The topological polar surface area (TPSA) is 149 Å². The predicted octanol–water partition coefficient (Wildman–Crippen LogP) is 11.8. The Hall–Kier alpha value is -3.37. The minimum Gasteiger partial charge on any atom is -0.462 e. The molecule has 0 radical (unpaired) electrons. The van der Waals surface area contributed by atoms with Crippen LogP contribution < -0.4 is 0 Å². The van der Waals surface area contributed by atoms with Gasteiger partial charge in [0.25, 0.3) is 0 Å². The molecular weight excluding hydrogens is 767 g/mol. The molecule has 11 heteroatoms. The molecule has 0 amide bonds. The van der Waals surface area contributed by atoms with Gasteiger partial charge in [-0.1, -0.05) is 149 Å². The van der Waals surface area contributed by atoms with Gasteiger partial charge in [0.05, 0.1) is 19.8 Å². The summed E-state index contributed by atoms with van der Waals surface area (Å²) in [4.78, 5) is 34.9. The lowest BCUT2D eigenvalue weighted by atomic mass is 10.2. The molecule has 0 aliphatic carbocycles. The number of allylic oxidation sites excluding steroid dienone is 18. The van der Waals surface area contributed by atoms with Crippen LogP contribution in [0.1, 0.15) is 142 Å². The Morgan fingerprint density at radius 3 is 1.32 bits per heavy atom. The first kappa shape index (κ1) is 55.6. The maximum Gasteiger partial charge on any atom is 0.472 e. The molecule has 0 fully saturated rings. The van der Waals surface area contributed by atoms with Crippen LogP contribution in [-0.4, -0.2) is 65.7 Å². The van der Waals surface area contributed by atoms with Gasteiger partial charge in [0.2, 0.25) is 0 Å². The van der Waals surface area contributed by atoms with E-state index in [0.717, 1.165) is 51.4 Å². The lowest BCUT2D eigenvalue weighted by Gasteiger charge is -2.20. The molecule has 0 saturated heterocycles. The molecule has 3 N–H and O–H groups in total. The molecule has 1 unspecified atom stereocenters. The molecule has 0 bridgehead atoms. The van der Waals surface area contributed by atoms with E-state index < -0.39 is 51.8 Å². The van der Waals surface area contributed by atoms with Crippen molar-refractivity contribution < 1.29 is 47.8 Å². The van der Waals surface area contributed by atoms with Gasteiger partial charge in [-0.25, -0.2) is 4.57 Å². The van der Waals surface area contributed by atoms with Crippen molar-refractivity contribution >= 4 is 19.8 Å². The van der Waals surface area contributed by atoms with E-state index in [1.165, 1.54) is 44.9 Å². The normalized spacial score (nSPS) is 14.9. The first-order valence-electron chi connectivity index (χ1n) is 21.8. The van der Waals surface area contributed by atoms with Crippen molar-refractivity contribution in [1.82, 2.24) is 0 Å². The molecule has 0 aliphatic heterocycles. The van der Waals surface area contributed by atoms with Crippen molar-refractivity contribution in [1.29, 1.82) is 0 Å². The van der Waals surface area contributed by atoms with Crippen molar-refractivity contribution in [2.24, 2.45) is 0 Å². The van der Waals surface area contributed by atoms with Crippen molar-refractivity contribution in [2.75, 3.05) is 26.4 Å². The standard InChI is InChI=1S/C48H77O10P/c1-3-5-7-9-11-13-15-17-19-21-22-24-25-27-29-31-33-35-37-39-47(51)55-43-46(44-57-59(53,54)56-42-45(50)41-49)58-48(52)40-38-36-34-32-30-28-26-23-20-18-16-14-12-10-8-6-4-2/h11-14,17-20,22,24,26-29,32-35,45-46,49-50H,3-10,15-16,21,23,25,30-31,36-44H2,1-2H3,(H,53,54)/b13-11+,14-12+,19-17+,20-18+,24-22+,28-26+,29-27+,34-32+,35-33+/t45-,46+/m0/s1. The zero-order valence-electron chi connectivity index (χ0n) is 36.2. The van der Waals surface area contributed by atoms with E-state index in [1.54, 1.807) is 0 Å². The highest BCUT2D eigenvalue weighted by Gasteiger charge is 2.27. The number of phosphoric ester groups is 1. The third-order valence-corrected chi connectivity index (χ3v) is 9.36. The van der Waals surface area contributed by atoms with Crippen LogP contribution in [-0.2, 0) is 32.7 Å². The SMILES string of the molecule is CCCCC/C=C/C/C=C/C/C=C/C/C=C/C/C=C/CCC(=O)OC[C@H](COP(=O)(O)OC[C@@H](O)CO)OC(=O)CCC/C=C/C/C=C/C/C=C/C/C=C/CCCCC. The first-order chi connectivity index (χ1) is 28.7. The van der Waals surface area contributed by atoms with Gasteiger partial charge in [-0.15, -0.1) is 0 Å². The number of aliphatic hydroxyl groups excluding tert-OH is 2. The number of phosphoric acid groups is 1. The minimum atomic E-state index is -4.66. The van der Waals surface area contributed by atoms with E-state index in [4.69, 9.17) is 19.1 Å². The Morgan fingerprint density at radius 2 is 0.898 bits per heavy atom. The maximum atomic E-state index is 12.6. The number of carbonyl (C=O) groups is 2. The zero-order chi connectivity index (χ0) is 43.3. The predicted molar refractivity (Wildman–Crippen MR) is 242 cm³/mol. The molecule has 0 aromatic heterocycles. The number of hydrogen-bond acceptors (Lipinski definition) is 9. The zero-order valence-corrected chi connectivity index (χ0v) is 37.1. The molecule has 0 heterocycles. The van der Waals surface area contributed by atoms with E-state index in [-0.39, 0.29) is 19.4 Å². The number of aliphatic hydroxyl groups is 2. The summed E-state index contributed by atoms with van der Waals surface area (Å²) in [6, 6.07) is 0. The third kappa shape index (κ3) is 42.6. The molecule has 0 spiro atoms. The Morgan fingerprint density at radius 1 is 0.508 bits per heavy atom. The van der Waals surface area contributed by atoms with E-state index in [2.05, 4.69) is 103 Å². The average Bonchev–Trinajstić information content (AvgIpc) is 3.22. The lowest BCUT2D eigenvalue weighted by molar-refractivity contribution is -0.161. The van der Waals surface area contributed by atoms with Gasteiger partial charge < -0.3 is 24.6 Å². The number of rotatable bonds is 39. The van der Waals surface area contributed by atoms with Crippen LogP contribution in [0, 0.1) is 0 Å². The summed E-state index contributed by atoms with van der Waals surface area (Å²) >= 11 is 0. The molecule has 334 valence electrons. The molecule has 0 aliphatic rings. The highest BCUT2D eigenvalue weighted by Crippen LogP contribution is 2.43. The van der Waals surface area contributed by atoms with Gasteiger partial charge in [-0.3, -0.25) is 18.6 Å². The molecule has 59 heavy (non-hydrogen) atoms. The van der Waals surface area contributed by atoms with Crippen molar-refractivity contribution in [3.8, 4) is 0 Å². The number of hydrogen-bond donors (Lipinski definition) is 3. The highest BCUT2D eigenvalue weighted by molar-refractivity contribution is 7.47. The molecule has 3 atom stereocenters. The number of esters is 2. The van der Waals surface area contributed by atoms with Crippen LogP contribution in [0.2, 0.25) is 0 Å². The largest absolute Gasteiger partial charge is 0.472 e. The van der Waals surface area contributed by atoms with Crippen LogP contribution in [0.4, 0.5) is 0 Å². The number of unbranched alkanes of at least 4 members (excludes halogenated alkanes) is 7. The van der Waals surface area contributed by atoms with Crippen LogP contribution >= 0.6 is 7.82 Å². The smallest absolute Gasteiger partial charge is 0.462 e. The Bertz CT molecular complexity index is 1340. The van der Waals surface area contributed by atoms with Gasteiger partial charge in [-0.2, -0.15) is 0 Å². The van der Waals surface area contributed by atoms with Crippen molar-refractivity contribution in [3.05, 3.63) is 109 Å². The first-order valence-corrected chi connectivity index (χ1v) is 23.3. The molecule has 0 rings (SSSR count). The maximum absolute atomic E-state index is 12.6. The highest BCUT2D eigenvalue weighted by atomic mass is 31.2. The fourth-order valence-electron chi connectivity index (χ4n) is 5.02. The van der Waals surface area contributed by atoms with Gasteiger partial charge in [0.15, 0.2) is 6.10 Å². The fourth-order valence-corrected chi connectivity index (χ4v) is 5.81. The second-order valence-corrected chi connectivity index (χ2v) is 15.5. The van der Waals surface area contributed by atoms with Crippen LogP contribution in [0.5, 0.6) is 0 Å². The van der Waals surface area contributed by atoms with Crippen LogP contribution in [0.25, 0.3) is 0 Å². The summed E-state index contributed by atoms with van der Waals surface area (Å²) < 4.78 is 32.6. The van der Waals surface area contributed by atoms with Gasteiger partial charge in [0.1, 0.15) is 12.7 Å². The fraction of sp³-hybridized carbons (Fsp3) is 0.583. The van der Waals surface area contributed by atoms with E-state index in [0.29, 0.717) is 19.3 Å². The molecule has 0 saturated carbocycles. The monoisotopic (exact) mass is 845 g/mol. The van der Waals surface area contributed by atoms with E-state index >= 15 is 0 Å². The summed E-state index contributed by atoms with van der Waals surface area (Å²) in [5, 5.41) is 18.3. The average molecular weight is 845 g/mol. The summed E-state index contributed by atoms with van der Waals surface area (Å²) in [6.07, 6.45) is 53.6.